The SMILES string of the molecule is CC(N)c1cccc(S(=O)(=O)NCc2ccsc2)c1. The van der Waals surface area contributed by atoms with E-state index in [-0.39, 0.29) is 10.9 Å². The quantitative estimate of drug-likeness (QED) is 0.889. The average Bonchev–Trinajstić information content (AvgIpc) is 2.90. The summed E-state index contributed by atoms with van der Waals surface area (Å²) in [6.07, 6.45) is 0. The molecule has 1 unspecified atom stereocenters. The molecule has 6 heteroatoms. The highest BCUT2D eigenvalue weighted by Gasteiger charge is 2.14. The van der Waals surface area contributed by atoms with E-state index in [0.717, 1.165) is 11.1 Å². The van der Waals surface area contributed by atoms with E-state index >= 15 is 0 Å². The van der Waals surface area contributed by atoms with Gasteiger partial charge in [0, 0.05) is 12.6 Å². The second-order valence-corrected chi connectivity index (χ2v) is 6.86. The molecule has 0 saturated heterocycles. The van der Waals surface area contributed by atoms with E-state index in [2.05, 4.69) is 4.72 Å². The Morgan fingerprint density at radius 3 is 2.79 bits per heavy atom. The highest BCUT2D eigenvalue weighted by molar-refractivity contribution is 7.89. The molecule has 0 saturated carbocycles. The third-order valence-electron chi connectivity index (χ3n) is 2.74. The minimum atomic E-state index is -3.49. The molecule has 0 bridgehead atoms. The lowest BCUT2D eigenvalue weighted by atomic mass is 10.1. The van der Waals surface area contributed by atoms with Crippen molar-refractivity contribution in [3.8, 4) is 0 Å². The zero-order valence-corrected chi connectivity index (χ0v) is 12.2. The van der Waals surface area contributed by atoms with Crippen LogP contribution in [0.3, 0.4) is 0 Å². The molecule has 3 N–H and O–H groups in total. The maximum atomic E-state index is 12.2. The summed E-state index contributed by atoms with van der Waals surface area (Å²) in [5.41, 5.74) is 7.52. The first kappa shape index (κ1) is 14.2. The molecule has 4 nitrogen and oxygen atoms in total. The van der Waals surface area contributed by atoms with Crippen LogP contribution in [0.2, 0.25) is 0 Å². The molecule has 0 radical (unpaired) electrons. The average molecular weight is 296 g/mol. The first-order valence-corrected chi connectivity index (χ1v) is 8.28. The highest BCUT2D eigenvalue weighted by atomic mass is 32.2. The summed E-state index contributed by atoms with van der Waals surface area (Å²) >= 11 is 1.54. The largest absolute Gasteiger partial charge is 0.324 e. The van der Waals surface area contributed by atoms with Crippen LogP contribution >= 0.6 is 11.3 Å². The lowest BCUT2D eigenvalue weighted by molar-refractivity contribution is 0.581. The summed E-state index contributed by atoms with van der Waals surface area (Å²) in [6, 6.07) is 8.42. The van der Waals surface area contributed by atoms with Gasteiger partial charge in [0.05, 0.1) is 4.90 Å². The number of nitrogens with two attached hydrogens (primary N) is 1. The molecular formula is C13H16N2O2S2. The Hall–Kier alpha value is -1.21. The van der Waals surface area contributed by atoms with Crippen molar-refractivity contribution in [1.82, 2.24) is 4.72 Å². The van der Waals surface area contributed by atoms with Gasteiger partial charge in [-0.1, -0.05) is 12.1 Å². The Balaban J connectivity index is 2.17. The molecule has 102 valence electrons. The van der Waals surface area contributed by atoms with Crippen molar-refractivity contribution in [2.24, 2.45) is 5.73 Å². The molecule has 19 heavy (non-hydrogen) atoms. The maximum absolute atomic E-state index is 12.2. The van der Waals surface area contributed by atoms with E-state index in [0.29, 0.717) is 6.54 Å². The van der Waals surface area contributed by atoms with Gasteiger partial charge in [0.25, 0.3) is 0 Å². The molecule has 0 aliphatic rings. The zero-order chi connectivity index (χ0) is 13.9. The molecule has 1 atom stereocenters. The second kappa shape index (κ2) is 5.83. The van der Waals surface area contributed by atoms with Crippen LogP contribution in [0.15, 0.2) is 46.0 Å². The van der Waals surface area contributed by atoms with Gasteiger partial charge >= 0.3 is 0 Å². The van der Waals surface area contributed by atoms with Gasteiger partial charge in [0.2, 0.25) is 10.0 Å². The molecule has 0 amide bonds. The predicted molar refractivity (Wildman–Crippen MR) is 77.4 cm³/mol. The zero-order valence-electron chi connectivity index (χ0n) is 10.5. The summed E-state index contributed by atoms with van der Waals surface area (Å²) in [5, 5.41) is 3.83. The summed E-state index contributed by atoms with van der Waals surface area (Å²) in [7, 11) is -3.49. The van der Waals surface area contributed by atoms with E-state index in [1.165, 1.54) is 0 Å². The number of sulfonamides is 1. The number of hydrogen-bond acceptors (Lipinski definition) is 4. The van der Waals surface area contributed by atoms with Crippen molar-refractivity contribution in [3.05, 3.63) is 52.2 Å². The smallest absolute Gasteiger partial charge is 0.240 e. The molecule has 0 aliphatic carbocycles. The second-order valence-electron chi connectivity index (χ2n) is 4.32. The van der Waals surface area contributed by atoms with Crippen LogP contribution in [0.4, 0.5) is 0 Å². The Morgan fingerprint density at radius 2 is 2.16 bits per heavy atom. The van der Waals surface area contributed by atoms with Crippen LogP contribution in [0.5, 0.6) is 0 Å². The van der Waals surface area contributed by atoms with E-state index < -0.39 is 10.0 Å². The molecule has 0 aliphatic heterocycles. The predicted octanol–water partition coefficient (Wildman–Crippen LogP) is 2.25. The van der Waals surface area contributed by atoms with Gasteiger partial charge in [-0.05, 0) is 47.0 Å². The van der Waals surface area contributed by atoms with Crippen molar-refractivity contribution in [2.45, 2.75) is 24.4 Å². The topological polar surface area (TPSA) is 72.2 Å². The Kier molecular flexibility index (Phi) is 4.36. The fraction of sp³-hybridized carbons (Fsp3) is 0.231. The molecule has 1 aromatic carbocycles. The third-order valence-corrected chi connectivity index (χ3v) is 4.87. The van der Waals surface area contributed by atoms with Crippen molar-refractivity contribution in [3.63, 3.8) is 0 Å². The van der Waals surface area contributed by atoms with Crippen LogP contribution in [0.1, 0.15) is 24.1 Å². The van der Waals surface area contributed by atoms with E-state index in [9.17, 15) is 8.42 Å². The lowest BCUT2D eigenvalue weighted by Gasteiger charge is -2.09. The normalized spacial score (nSPS) is 13.4. The molecule has 1 heterocycles. The summed E-state index contributed by atoms with van der Waals surface area (Å²) in [4.78, 5) is 0.248. The third kappa shape index (κ3) is 3.63. The van der Waals surface area contributed by atoms with Crippen LogP contribution in [-0.4, -0.2) is 8.42 Å². The van der Waals surface area contributed by atoms with Gasteiger partial charge in [-0.15, -0.1) is 0 Å². The standard InChI is InChI=1S/C13H16N2O2S2/c1-10(14)12-3-2-4-13(7-12)19(16,17)15-8-11-5-6-18-9-11/h2-7,9-10,15H,8,14H2,1H3. The minimum Gasteiger partial charge on any atom is -0.324 e. The van der Waals surface area contributed by atoms with Crippen molar-refractivity contribution < 1.29 is 8.42 Å². The van der Waals surface area contributed by atoms with E-state index in [4.69, 9.17) is 5.73 Å². The minimum absolute atomic E-state index is 0.188. The Labute approximate surface area is 117 Å². The Morgan fingerprint density at radius 1 is 1.37 bits per heavy atom. The van der Waals surface area contributed by atoms with Crippen molar-refractivity contribution in [1.29, 1.82) is 0 Å². The number of rotatable bonds is 5. The highest BCUT2D eigenvalue weighted by Crippen LogP contribution is 2.16. The van der Waals surface area contributed by atoms with Gasteiger partial charge in [-0.3, -0.25) is 0 Å². The number of benzene rings is 1. The number of hydrogen-bond donors (Lipinski definition) is 2. The van der Waals surface area contributed by atoms with Crippen molar-refractivity contribution >= 4 is 21.4 Å². The first-order valence-electron chi connectivity index (χ1n) is 5.85. The molecule has 0 spiro atoms. The summed E-state index contributed by atoms with van der Waals surface area (Å²) < 4.78 is 26.9. The first-order chi connectivity index (χ1) is 8.99. The molecule has 2 aromatic rings. The monoisotopic (exact) mass is 296 g/mol. The van der Waals surface area contributed by atoms with Crippen LogP contribution in [-0.2, 0) is 16.6 Å². The van der Waals surface area contributed by atoms with Crippen molar-refractivity contribution in [2.75, 3.05) is 0 Å². The van der Waals surface area contributed by atoms with Gasteiger partial charge in [-0.25, -0.2) is 13.1 Å². The molecule has 0 fully saturated rings. The number of thiophene rings is 1. The lowest BCUT2D eigenvalue weighted by Crippen LogP contribution is -2.23. The molecular weight excluding hydrogens is 280 g/mol. The van der Waals surface area contributed by atoms with Gasteiger partial charge in [-0.2, -0.15) is 11.3 Å². The molecule has 1 aromatic heterocycles. The summed E-state index contributed by atoms with van der Waals surface area (Å²) in [5.74, 6) is 0. The van der Waals surface area contributed by atoms with Crippen LogP contribution in [0.25, 0.3) is 0 Å². The fourth-order valence-corrected chi connectivity index (χ4v) is 3.36. The van der Waals surface area contributed by atoms with Gasteiger partial charge in [0.1, 0.15) is 0 Å². The van der Waals surface area contributed by atoms with Crippen LogP contribution < -0.4 is 10.5 Å². The van der Waals surface area contributed by atoms with Crippen LogP contribution in [0, 0.1) is 0 Å². The van der Waals surface area contributed by atoms with Gasteiger partial charge in [0.15, 0.2) is 0 Å². The Bertz CT molecular complexity index is 634. The van der Waals surface area contributed by atoms with Gasteiger partial charge < -0.3 is 5.73 Å². The summed E-state index contributed by atoms with van der Waals surface area (Å²) in [6.45, 7) is 2.12. The maximum Gasteiger partial charge on any atom is 0.240 e. The van der Waals surface area contributed by atoms with E-state index in [1.54, 1.807) is 29.5 Å². The molecule has 2 rings (SSSR count). The number of nitrogens with one attached hydrogen (secondary N) is 1. The van der Waals surface area contributed by atoms with E-state index in [1.807, 2.05) is 29.8 Å². The fourth-order valence-electron chi connectivity index (χ4n) is 1.62.